The molecule has 2 N–H and O–H groups in total. The molecule has 11 heteroatoms. The average Bonchev–Trinajstić information content (AvgIpc) is 2.65. The SMILES string of the molecule is CC(C)c1ncc(C(F)(F)F)cc1C=CC(=O)NC(C)c1ccc(NS(C)(=O)=O)c(F)c1. The lowest BCUT2D eigenvalue weighted by molar-refractivity contribution is -0.137. The summed E-state index contributed by atoms with van der Waals surface area (Å²) in [6.07, 6.45) is -0.593. The first-order chi connectivity index (χ1) is 14.7. The van der Waals surface area contributed by atoms with E-state index in [-0.39, 0.29) is 17.2 Å². The Morgan fingerprint density at radius 3 is 2.34 bits per heavy atom. The molecule has 174 valence electrons. The molecule has 1 amide bonds. The molecule has 1 unspecified atom stereocenters. The van der Waals surface area contributed by atoms with Crippen LogP contribution >= 0.6 is 0 Å². The Bertz CT molecular complexity index is 1130. The van der Waals surface area contributed by atoms with Gasteiger partial charge in [0, 0.05) is 12.3 Å². The highest BCUT2D eigenvalue weighted by molar-refractivity contribution is 7.92. The molecule has 0 saturated carbocycles. The van der Waals surface area contributed by atoms with Crippen LogP contribution in [-0.4, -0.2) is 25.6 Å². The molecule has 2 aromatic rings. The van der Waals surface area contributed by atoms with Crippen LogP contribution in [-0.2, 0) is 21.0 Å². The summed E-state index contributed by atoms with van der Waals surface area (Å²) >= 11 is 0. The Labute approximate surface area is 183 Å². The van der Waals surface area contributed by atoms with E-state index in [1.165, 1.54) is 18.2 Å². The summed E-state index contributed by atoms with van der Waals surface area (Å²) < 4.78 is 77.7. The zero-order chi connectivity index (χ0) is 24.3. The Kier molecular flexibility index (Phi) is 7.66. The number of amides is 1. The van der Waals surface area contributed by atoms with Crippen molar-refractivity contribution in [2.75, 3.05) is 11.0 Å². The highest BCUT2D eigenvalue weighted by atomic mass is 32.2. The monoisotopic (exact) mass is 473 g/mol. The van der Waals surface area contributed by atoms with E-state index in [0.717, 1.165) is 30.7 Å². The lowest BCUT2D eigenvalue weighted by Crippen LogP contribution is -2.24. The van der Waals surface area contributed by atoms with Gasteiger partial charge >= 0.3 is 6.18 Å². The predicted octanol–water partition coefficient (Wildman–Crippen LogP) is 4.63. The summed E-state index contributed by atoms with van der Waals surface area (Å²) in [5.41, 5.74) is -0.209. The van der Waals surface area contributed by atoms with Crippen LogP contribution in [0.3, 0.4) is 0 Å². The average molecular weight is 473 g/mol. The van der Waals surface area contributed by atoms with Crippen LogP contribution in [0.4, 0.5) is 23.2 Å². The van der Waals surface area contributed by atoms with E-state index < -0.39 is 39.5 Å². The van der Waals surface area contributed by atoms with Crippen molar-refractivity contribution in [3.05, 3.63) is 64.7 Å². The Morgan fingerprint density at radius 1 is 1.16 bits per heavy atom. The molecule has 0 radical (unpaired) electrons. The molecule has 0 aliphatic rings. The van der Waals surface area contributed by atoms with Gasteiger partial charge in [-0.25, -0.2) is 12.8 Å². The van der Waals surface area contributed by atoms with Crippen LogP contribution < -0.4 is 10.0 Å². The number of alkyl halides is 3. The number of sulfonamides is 1. The third-order valence-corrected chi connectivity index (χ3v) is 4.98. The molecule has 1 aromatic heterocycles. The molecule has 2 rings (SSSR count). The first-order valence-electron chi connectivity index (χ1n) is 9.50. The highest BCUT2D eigenvalue weighted by Crippen LogP contribution is 2.31. The van der Waals surface area contributed by atoms with Gasteiger partial charge in [-0.1, -0.05) is 19.9 Å². The fraction of sp³-hybridized carbons (Fsp3) is 0.333. The van der Waals surface area contributed by atoms with E-state index in [9.17, 15) is 30.8 Å². The quantitative estimate of drug-likeness (QED) is 0.454. The number of pyridine rings is 1. The number of rotatable bonds is 7. The number of aromatic nitrogens is 1. The number of halogens is 4. The minimum Gasteiger partial charge on any atom is -0.346 e. The molecule has 0 aliphatic carbocycles. The van der Waals surface area contributed by atoms with Gasteiger partial charge in [0.15, 0.2) is 0 Å². The van der Waals surface area contributed by atoms with Gasteiger partial charge in [0.25, 0.3) is 0 Å². The van der Waals surface area contributed by atoms with E-state index in [1.54, 1.807) is 20.8 Å². The number of nitrogens with zero attached hydrogens (tertiary/aromatic N) is 1. The fourth-order valence-electron chi connectivity index (χ4n) is 2.86. The summed E-state index contributed by atoms with van der Waals surface area (Å²) in [4.78, 5) is 16.2. The first-order valence-corrected chi connectivity index (χ1v) is 11.4. The van der Waals surface area contributed by atoms with Crippen molar-refractivity contribution < 1.29 is 30.8 Å². The van der Waals surface area contributed by atoms with Gasteiger partial charge in [0.05, 0.1) is 29.2 Å². The molecule has 32 heavy (non-hydrogen) atoms. The molecule has 0 saturated heterocycles. The minimum atomic E-state index is -4.57. The smallest absolute Gasteiger partial charge is 0.346 e. The number of carbonyl (C=O) groups is 1. The van der Waals surface area contributed by atoms with E-state index in [2.05, 4.69) is 10.3 Å². The van der Waals surface area contributed by atoms with Crippen molar-refractivity contribution in [3.63, 3.8) is 0 Å². The topological polar surface area (TPSA) is 88.2 Å². The summed E-state index contributed by atoms with van der Waals surface area (Å²) in [7, 11) is -3.65. The van der Waals surface area contributed by atoms with Gasteiger partial charge in [-0.15, -0.1) is 0 Å². The molecule has 1 aromatic carbocycles. The number of benzene rings is 1. The van der Waals surface area contributed by atoms with Crippen LogP contribution in [0, 0.1) is 5.82 Å². The van der Waals surface area contributed by atoms with Crippen molar-refractivity contribution in [1.82, 2.24) is 10.3 Å². The first kappa shape index (κ1) is 25.3. The lowest BCUT2D eigenvalue weighted by Gasteiger charge is -2.15. The normalized spacial score (nSPS) is 13.4. The number of nitrogens with one attached hydrogen (secondary N) is 2. The second-order valence-electron chi connectivity index (χ2n) is 7.53. The summed E-state index contributed by atoms with van der Waals surface area (Å²) in [6, 6.07) is 4.03. The molecule has 0 fully saturated rings. The molecule has 0 spiro atoms. The van der Waals surface area contributed by atoms with Crippen molar-refractivity contribution in [3.8, 4) is 0 Å². The summed E-state index contributed by atoms with van der Waals surface area (Å²) in [5.74, 6) is -1.59. The van der Waals surface area contributed by atoms with E-state index in [4.69, 9.17) is 0 Å². The third kappa shape index (κ3) is 7.04. The maximum atomic E-state index is 14.1. The molecule has 6 nitrogen and oxygen atoms in total. The van der Waals surface area contributed by atoms with Gasteiger partial charge in [-0.2, -0.15) is 13.2 Å². The molecule has 0 bridgehead atoms. The number of anilines is 1. The van der Waals surface area contributed by atoms with E-state index >= 15 is 0 Å². The highest BCUT2D eigenvalue weighted by Gasteiger charge is 2.31. The summed E-state index contributed by atoms with van der Waals surface area (Å²) in [5, 5.41) is 2.58. The largest absolute Gasteiger partial charge is 0.417 e. The Hall–Kier alpha value is -2.95. The van der Waals surface area contributed by atoms with Crippen LogP contribution in [0.25, 0.3) is 6.08 Å². The van der Waals surface area contributed by atoms with Crippen LogP contribution in [0.15, 0.2) is 36.5 Å². The number of carbonyl (C=O) groups excluding carboxylic acids is 1. The number of hydrogen-bond acceptors (Lipinski definition) is 4. The minimum absolute atomic E-state index is 0.166. The summed E-state index contributed by atoms with van der Waals surface area (Å²) in [6.45, 7) is 5.12. The van der Waals surface area contributed by atoms with E-state index in [1.807, 2.05) is 4.72 Å². The van der Waals surface area contributed by atoms with Gasteiger partial charge in [0.2, 0.25) is 15.9 Å². The second-order valence-corrected chi connectivity index (χ2v) is 9.28. The molecule has 0 aliphatic heterocycles. The second kappa shape index (κ2) is 9.68. The Morgan fingerprint density at radius 2 is 1.81 bits per heavy atom. The van der Waals surface area contributed by atoms with Crippen LogP contribution in [0.2, 0.25) is 0 Å². The van der Waals surface area contributed by atoms with Gasteiger partial charge in [-0.3, -0.25) is 14.5 Å². The third-order valence-electron chi connectivity index (χ3n) is 4.39. The lowest BCUT2D eigenvalue weighted by atomic mass is 10.0. The zero-order valence-corrected chi connectivity index (χ0v) is 18.6. The standard InChI is InChI=1S/C21H23F4N3O3S/c1-12(2)20-15(9-16(11-26-20)21(23,24)25)6-8-19(29)27-13(3)14-5-7-18(17(22)10-14)28-32(4,30)31/h5-13,28H,1-4H3,(H,27,29). The van der Waals surface area contributed by atoms with Crippen molar-refractivity contribution in [2.24, 2.45) is 0 Å². The van der Waals surface area contributed by atoms with Crippen LogP contribution in [0.5, 0.6) is 0 Å². The maximum absolute atomic E-state index is 14.1. The molecule has 1 atom stereocenters. The van der Waals surface area contributed by atoms with Crippen molar-refractivity contribution in [2.45, 2.75) is 38.9 Å². The van der Waals surface area contributed by atoms with Crippen molar-refractivity contribution >= 4 is 27.7 Å². The van der Waals surface area contributed by atoms with Gasteiger partial charge < -0.3 is 5.32 Å². The number of hydrogen-bond donors (Lipinski definition) is 2. The van der Waals surface area contributed by atoms with Gasteiger partial charge in [-0.05, 0) is 48.2 Å². The van der Waals surface area contributed by atoms with Gasteiger partial charge in [0.1, 0.15) is 5.82 Å². The van der Waals surface area contributed by atoms with Crippen molar-refractivity contribution in [1.29, 1.82) is 0 Å². The zero-order valence-electron chi connectivity index (χ0n) is 17.8. The molecule has 1 heterocycles. The fourth-order valence-corrected chi connectivity index (χ4v) is 3.42. The Balaban J connectivity index is 2.18. The maximum Gasteiger partial charge on any atom is 0.417 e. The predicted molar refractivity (Wildman–Crippen MR) is 114 cm³/mol. The molecular weight excluding hydrogens is 450 g/mol. The van der Waals surface area contributed by atoms with E-state index in [0.29, 0.717) is 11.3 Å². The molecular formula is C21H23F4N3O3S. The van der Waals surface area contributed by atoms with Crippen LogP contribution in [0.1, 0.15) is 55.1 Å².